The van der Waals surface area contributed by atoms with Gasteiger partial charge in [0.1, 0.15) is 0 Å². The van der Waals surface area contributed by atoms with E-state index in [2.05, 4.69) is 10.6 Å². The third-order valence-electron chi connectivity index (χ3n) is 4.62. The maximum atomic E-state index is 12.0. The fraction of sp³-hybridized carbons (Fsp3) is 0.200. The second-order valence-electron chi connectivity index (χ2n) is 7.12. The number of amides is 2. The van der Waals surface area contributed by atoms with Gasteiger partial charge in [0.15, 0.2) is 0 Å². The van der Waals surface area contributed by atoms with Crippen LogP contribution in [0.3, 0.4) is 0 Å². The Hall–Kier alpha value is -3.44. The van der Waals surface area contributed by atoms with Gasteiger partial charge in [0.2, 0.25) is 5.91 Å². The van der Waals surface area contributed by atoms with E-state index < -0.39 is 0 Å². The van der Waals surface area contributed by atoms with Crippen LogP contribution in [0.15, 0.2) is 78.9 Å². The summed E-state index contributed by atoms with van der Waals surface area (Å²) < 4.78 is 5.73. The van der Waals surface area contributed by atoms with Gasteiger partial charge in [-0.25, -0.2) is 0 Å². The van der Waals surface area contributed by atoms with Crippen molar-refractivity contribution < 1.29 is 14.3 Å². The molecule has 0 unspecified atom stereocenters. The van der Waals surface area contributed by atoms with Crippen molar-refractivity contribution in [3.05, 3.63) is 107 Å². The first kappa shape index (κ1) is 21.3. The van der Waals surface area contributed by atoms with Crippen LogP contribution in [0, 0.1) is 6.92 Å². The van der Waals surface area contributed by atoms with Crippen LogP contribution in [0.2, 0.25) is 0 Å². The summed E-state index contributed by atoms with van der Waals surface area (Å²) in [5.74, 6) is -0.490. The Bertz CT molecular complexity index is 952. The molecule has 0 bridgehead atoms. The summed E-state index contributed by atoms with van der Waals surface area (Å²) in [5.41, 5.74) is 4.83. The highest BCUT2D eigenvalue weighted by Crippen LogP contribution is 2.08. The summed E-state index contributed by atoms with van der Waals surface area (Å²) in [6.07, 6.45) is 0. The summed E-state index contributed by atoms with van der Waals surface area (Å²) in [7, 11) is 0. The number of benzene rings is 3. The lowest BCUT2D eigenvalue weighted by Gasteiger charge is -2.09. The van der Waals surface area contributed by atoms with Crippen molar-refractivity contribution in [2.24, 2.45) is 0 Å². The Morgan fingerprint density at radius 3 is 2.00 bits per heavy atom. The summed E-state index contributed by atoms with van der Waals surface area (Å²) in [5, 5.41) is 5.45. The molecule has 5 nitrogen and oxygen atoms in total. The molecule has 5 heteroatoms. The van der Waals surface area contributed by atoms with Gasteiger partial charge in [0.05, 0.1) is 19.8 Å². The number of carbonyl (C=O) groups excluding carboxylic acids is 2. The van der Waals surface area contributed by atoms with Crippen molar-refractivity contribution in [3.63, 3.8) is 0 Å². The van der Waals surface area contributed by atoms with E-state index in [0.29, 0.717) is 25.3 Å². The zero-order chi connectivity index (χ0) is 21.2. The molecule has 0 aromatic heterocycles. The van der Waals surface area contributed by atoms with E-state index >= 15 is 0 Å². The molecule has 0 atom stereocenters. The molecule has 2 amide bonds. The number of aryl methyl sites for hydroxylation is 1. The van der Waals surface area contributed by atoms with Crippen LogP contribution in [0.5, 0.6) is 0 Å². The SMILES string of the molecule is Cc1ccc(C(=O)NCC(=O)NCc2ccc(COCc3ccccc3)cc2)cc1. The smallest absolute Gasteiger partial charge is 0.251 e. The van der Waals surface area contributed by atoms with Gasteiger partial charge < -0.3 is 15.4 Å². The van der Waals surface area contributed by atoms with Gasteiger partial charge in [0, 0.05) is 12.1 Å². The lowest BCUT2D eigenvalue weighted by Crippen LogP contribution is -2.36. The zero-order valence-electron chi connectivity index (χ0n) is 17.1. The minimum Gasteiger partial charge on any atom is -0.372 e. The van der Waals surface area contributed by atoms with Crippen molar-refractivity contribution >= 4 is 11.8 Å². The van der Waals surface area contributed by atoms with E-state index in [1.165, 1.54) is 0 Å². The fourth-order valence-electron chi connectivity index (χ4n) is 2.85. The molecule has 0 saturated heterocycles. The van der Waals surface area contributed by atoms with Crippen molar-refractivity contribution in [2.45, 2.75) is 26.7 Å². The Labute approximate surface area is 177 Å². The third-order valence-corrected chi connectivity index (χ3v) is 4.62. The van der Waals surface area contributed by atoms with Gasteiger partial charge in [-0.1, -0.05) is 72.3 Å². The van der Waals surface area contributed by atoms with Gasteiger partial charge in [-0.15, -0.1) is 0 Å². The van der Waals surface area contributed by atoms with Crippen LogP contribution >= 0.6 is 0 Å². The molecule has 3 aromatic rings. The highest BCUT2D eigenvalue weighted by atomic mass is 16.5. The molecule has 0 saturated carbocycles. The fourth-order valence-corrected chi connectivity index (χ4v) is 2.85. The quantitative estimate of drug-likeness (QED) is 0.573. The number of hydrogen-bond acceptors (Lipinski definition) is 3. The first-order chi connectivity index (χ1) is 14.6. The van der Waals surface area contributed by atoms with E-state index in [9.17, 15) is 9.59 Å². The molecule has 0 fully saturated rings. The Balaban J connectivity index is 1.36. The first-order valence-electron chi connectivity index (χ1n) is 9.91. The van der Waals surface area contributed by atoms with Gasteiger partial charge in [-0.2, -0.15) is 0 Å². The van der Waals surface area contributed by atoms with Gasteiger partial charge in [0.25, 0.3) is 5.91 Å². The number of hydrogen-bond donors (Lipinski definition) is 2. The van der Waals surface area contributed by atoms with Crippen molar-refractivity contribution in [1.82, 2.24) is 10.6 Å². The van der Waals surface area contributed by atoms with Crippen LogP contribution in [0.25, 0.3) is 0 Å². The minimum absolute atomic E-state index is 0.0574. The maximum absolute atomic E-state index is 12.0. The molecule has 0 radical (unpaired) electrons. The minimum atomic E-state index is -0.259. The number of ether oxygens (including phenoxy) is 1. The van der Waals surface area contributed by atoms with E-state index in [0.717, 1.165) is 22.3 Å². The molecule has 154 valence electrons. The molecule has 3 aromatic carbocycles. The van der Waals surface area contributed by atoms with E-state index in [1.54, 1.807) is 12.1 Å². The number of nitrogens with one attached hydrogen (secondary N) is 2. The molecule has 0 aliphatic carbocycles. The summed E-state index contributed by atoms with van der Waals surface area (Å²) in [6.45, 7) is 3.42. The van der Waals surface area contributed by atoms with Crippen LogP contribution in [-0.2, 0) is 29.3 Å². The van der Waals surface area contributed by atoms with Gasteiger partial charge in [-0.05, 0) is 35.7 Å². The molecular weight excluding hydrogens is 376 g/mol. The third kappa shape index (κ3) is 6.87. The van der Waals surface area contributed by atoms with Crippen LogP contribution < -0.4 is 10.6 Å². The van der Waals surface area contributed by atoms with E-state index in [-0.39, 0.29) is 18.4 Å². The Morgan fingerprint density at radius 1 is 0.733 bits per heavy atom. The summed E-state index contributed by atoms with van der Waals surface area (Å²) >= 11 is 0. The van der Waals surface area contributed by atoms with Gasteiger partial charge in [-0.3, -0.25) is 9.59 Å². The largest absolute Gasteiger partial charge is 0.372 e. The van der Waals surface area contributed by atoms with Gasteiger partial charge >= 0.3 is 0 Å². The highest BCUT2D eigenvalue weighted by Gasteiger charge is 2.07. The molecule has 0 aliphatic rings. The van der Waals surface area contributed by atoms with Crippen LogP contribution in [0.4, 0.5) is 0 Å². The van der Waals surface area contributed by atoms with E-state index in [4.69, 9.17) is 4.74 Å². The van der Waals surface area contributed by atoms with Crippen molar-refractivity contribution in [3.8, 4) is 0 Å². The predicted molar refractivity (Wildman–Crippen MR) is 117 cm³/mol. The average molecular weight is 402 g/mol. The summed E-state index contributed by atoms with van der Waals surface area (Å²) in [6, 6.07) is 25.2. The second kappa shape index (κ2) is 10.9. The molecule has 0 aliphatic heterocycles. The average Bonchev–Trinajstić information content (AvgIpc) is 2.78. The van der Waals surface area contributed by atoms with E-state index in [1.807, 2.05) is 73.7 Å². The van der Waals surface area contributed by atoms with Crippen LogP contribution in [0.1, 0.15) is 32.6 Å². The topological polar surface area (TPSA) is 67.4 Å². The zero-order valence-corrected chi connectivity index (χ0v) is 17.1. The van der Waals surface area contributed by atoms with Crippen LogP contribution in [-0.4, -0.2) is 18.4 Å². The molecule has 30 heavy (non-hydrogen) atoms. The maximum Gasteiger partial charge on any atom is 0.251 e. The molecule has 0 spiro atoms. The monoisotopic (exact) mass is 402 g/mol. The van der Waals surface area contributed by atoms with Crippen molar-refractivity contribution in [2.75, 3.05) is 6.54 Å². The molecular formula is C25H26N2O3. The standard InChI is InChI=1S/C25H26N2O3/c1-19-7-13-23(14-8-19)25(29)27-16-24(28)26-15-20-9-11-22(12-10-20)18-30-17-21-5-3-2-4-6-21/h2-14H,15-18H2,1H3,(H,26,28)(H,27,29). The lowest BCUT2D eigenvalue weighted by atomic mass is 10.1. The second-order valence-corrected chi connectivity index (χ2v) is 7.12. The number of rotatable bonds is 9. The molecule has 3 rings (SSSR count). The molecule has 2 N–H and O–H groups in total. The predicted octanol–water partition coefficient (Wildman–Crippen LogP) is 3.76. The Kier molecular flexibility index (Phi) is 7.75. The first-order valence-corrected chi connectivity index (χ1v) is 9.91. The summed E-state index contributed by atoms with van der Waals surface area (Å²) in [4.78, 5) is 24.0. The lowest BCUT2D eigenvalue weighted by molar-refractivity contribution is -0.120. The Morgan fingerprint density at radius 2 is 1.33 bits per heavy atom. The normalized spacial score (nSPS) is 10.4. The number of carbonyl (C=O) groups is 2. The molecule has 0 heterocycles. The highest BCUT2D eigenvalue weighted by molar-refractivity contribution is 5.96. The van der Waals surface area contributed by atoms with Crippen molar-refractivity contribution in [1.29, 1.82) is 0 Å².